The summed E-state index contributed by atoms with van der Waals surface area (Å²) in [5.74, 6) is 0. The molecular weight excluding hydrogens is 236 g/mol. The molecule has 0 radical (unpaired) electrons. The summed E-state index contributed by atoms with van der Waals surface area (Å²) in [5, 5.41) is 0. The van der Waals surface area contributed by atoms with E-state index in [1.54, 1.807) is 0 Å². The third kappa shape index (κ3) is 3.78. The summed E-state index contributed by atoms with van der Waals surface area (Å²) in [4.78, 5) is 2.44. The van der Waals surface area contributed by atoms with E-state index in [0.717, 1.165) is 26.1 Å². The van der Waals surface area contributed by atoms with Crippen LogP contribution >= 0.6 is 0 Å². The minimum absolute atomic E-state index is 0.0821. The zero-order chi connectivity index (χ0) is 13.8. The predicted molar refractivity (Wildman–Crippen MR) is 79.2 cm³/mol. The van der Waals surface area contributed by atoms with Crippen LogP contribution in [0.15, 0.2) is 24.3 Å². The Bertz CT molecular complexity index is 390. The number of ether oxygens (including phenoxy) is 1. The Morgan fingerprint density at radius 2 is 2.00 bits per heavy atom. The zero-order valence-electron chi connectivity index (χ0n) is 12.3. The summed E-state index contributed by atoms with van der Waals surface area (Å²) in [5.41, 5.74) is 8.93. The Kier molecular flexibility index (Phi) is 4.97. The van der Waals surface area contributed by atoms with E-state index in [4.69, 9.17) is 10.5 Å². The van der Waals surface area contributed by atoms with Crippen LogP contribution in [0, 0.1) is 0 Å². The van der Waals surface area contributed by atoms with E-state index >= 15 is 0 Å². The topological polar surface area (TPSA) is 38.5 Å². The fourth-order valence-corrected chi connectivity index (χ4v) is 2.58. The number of hydrogen-bond donors (Lipinski definition) is 1. The van der Waals surface area contributed by atoms with Crippen molar-refractivity contribution in [1.29, 1.82) is 0 Å². The minimum atomic E-state index is 0.0821. The highest BCUT2D eigenvalue weighted by atomic mass is 16.5. The molecule has 1 heterocycles. The SMILES string of the molecule is CCc1ccc(C(N)CN2CC(C)OCC2C)cc1. The van der Waals surface area contributed by atoms with E-state index in [1.165, 1.54) is 11.1 Å². The molecule has 3 heteroatoms. The van der Waals surface area contributed by atoms with Crippen molar-refractivity contribution in [3.05, 3.63) is 35.4 Å². The molecule has 3 unspecified atom stereocenters. The lowest BCUT2D eigenvalue weighted by molar-refractivity contribution is -0.0510. The van der Waals surface area contributed by atoms with Crippen LogP contribution < -0.4 is 5.73 Å². The minimum Gasteiger partial charge on any atom is -0.376 e. The van der Waals surface area contributed by atoms with Gasteiger partial charge in [0.2, 0.25) is 0 Å². The molecule has 1 saturated heterocycles. The fourth-order valence-electron chi connectivity index (χ4n) is 2.58. The summed E-state index contributed by atoms with van der Waals surface area (Å²) in [6.45, 7) is 9.19. The first-order valence-corrected chi connectivity index (χ1v) is 7.30. The van der Waals surface area contributed by atoms with Gasteiger partial charge in [0.05, 0.1) is 12.7 Å². The van der Waals surface area contributed by atoms with Crippen LogP contribution in [0.25, 0.3) is 0 Å². The van der Waals surface area contributed by atoms with E-state index in [1.807, 2.05) is 0 Å². The highest BCUT2D eigenvalue weighted by Gasteiger charge is 2.25. The van der Waals surface area contributed by atoms with Gasteiger partial charge in [0.1, 0.15) is 0 Å². The predicted octanol–water partition coefficient (Wildman–Crippen LogP) is 2.36. The first-order chi connectivity index (χ1) is 9.10. The summed E-state index contributed by atoms with van der Waals surface area (Å²) in [6.07, 6.45) is 1.39. The molecule has 0 aromatic heterocycles. The maximum atomic E-state index is 6.34. The van der Waals surface area contributed by atoms with Gasteiger partial charge in [-0.15, -0.1) is 0 Å². The first kappa shape index (κ1) is 14.5. The molecule has 1 aromatic carbocycles. The molecule has 2 rings (SSSR count). The Hall–Kier alpha value is -0.900. The van der Waals surface area contributed by atoms with Crippen LogP contribution in [-0.4, -0.2) is 36.7 Å². The molecule has 1 aliphatic heterocycles. The van der Waals surface area contributed by atoms with Gasteiger partial charge in [0.15, 0.2) is 0 Å². The molecule has 2 N–H and O–H groups in total. The largest absolute Gasteiger partial charge is 0.376 e. The number of aryl methyl sites for hydroxylation is 1. The van der Waals surface area contributed by atoms with Gasteiger partial charge in [-0.2, -0.15) is 0 Å². The van der Waals surface area contributed by atoms with Crippen LogP contribution in [0.3, 0.4) is 0 Å². The molecular formula is C16H26N2O. The van der Waals surface area contributed by atoms with E-state index in [-0.39, 0.29) is 6.04 Å². The summed E-state index contributed by atoms with van der Waals surface area (Å²) in [7, 11) is 0. The second-order valence-electron chi connectivity index (χ2n) is 5.65. The number of nitrogens with two attached hydrogens (primary N) is 1. The van der Waals surface area contributed by atoms with Crippen molar-refractivity contribution in [2.45, 2.75) is 45.4 Å². The van der Waals surface area contributed by atoms with Gasteiger partial charge in [-0.25, -0.2) is 0 Å². The van der Waals surface area contributed by atoms with Gasteiger partial charge in [0.25, 0.3) is 0 Å². The van der Waals surface area contributed by atoms with Crippen LogP contribution in [0.1, 0.15) is 37.9 Å². The van der Waals surface area contributed by atoms with Crippen molar-refractivity contribution in [2.75, 3.05) is 19.7 Å². The normalized spacial score (nSPS) is 26.3. The van der Waals surface area contributed by atoms with Crippen molar-refractivity contribution in [2.24, 2.45) is 5.73 Å². The van der Waals surface area contributed by atoms with Gasteiger partial charge in [0, 0.05) is 25.2 Å². The molecule has 1 aliphatic rings. The van der Waals surface area contributed by atoms with Crippen LogP contribution in [-0.2, 0) is 11.2 Å². The van der Waals surface area contributed by atoms with E-state index in [0.29, 0.717) is 12.1 Å². The molecule has 3 atom stereocenters. The average Bonchev–Trinajstić information content (AvgIpc) is 2.43. The molecule has 0 spiro atoms. The lowest BCUT2D eigenvalue weighted by Gasteiger charge is -2.38. The van der Waals surface area contributed by atoms with Crippen molar-refractivity contribution in [1.82, 2.24) is 4.90 Å². The number of hydrogen-bond acceptors (Lipinski definition) is 3. The molecule has 0 amide bonds. The second-order valence-corrected chi connectivity index (χ2v) is 5.65. The molecule has 3 nitrogen and oxygen atoms in total. The van der Waals surface area contributed by atoms with Crippen molar-refractivity contribution in [3.63, 3.8) is 0 Å². The molecule has 0 saturated carbocycles. The second kappa shape index (κ2) is 6.51. The lowest BCUT2D eigenvalue weighted by atomic mass is 10.0. The van der Waals surface area contributed by atoms with Gasteiger partial charge in [-0.1, -0.05) is 31.2 Å². The fraction of sp³-hybridized carbons (Fsp3) is 0.625. The maximum Gasteiger partial charge on any atom is 0.0674 e. The smallest absolute Gasteiger partial charge is 0.0674 e. The van der Waals surface area contributed by atoms with E-state index < -0.39 is 0 Å². The van der Waals surface area contributed by atoms with E-state index in [9.17, 15) is 0 Å². The number of rotatable bonds is 4. The van der Waals surface area contributed by atoms with Gasteiger partial charge in [-0.05, 0) is 31.4 Å². The third-order valence-corrected chi connectivity index (χ3v) is 3.98. The maximum absolute atomic E-state index is 6.34. The Balaban J connectivity index is 1.97. The Labute approximate surface area is 116 Å². The molecule has 0 aliphatic carbocycles. The molecule has 19 heavy (non-hydrogen) atoms. The van der Waals surface area contributed by atoms with Gasteiger partial charge in [-0.3, -0.25) is 4.90 Å². The monoisotopic (exact) mass is 262 g/mol. The first-order valence-electron chi connectivity index (χ1n) is 7.30. The Morgan fingerprint density at radius 1 is 1.32 bits per heavy atom. The van der Waals surface area contributed by atoms with Crippen LogP contribution in [0.2, 0.25) is 0 Å². The molecule has 1 aromatic rings. The lowest BCUT2D eigenvalue weighted by Crippen LogP contribution is -2.49. The number of benzene rings is 1. The summed E-state index contributed by atoms with van der Waals surface area (Å²) < 4.78 is 5.66. The highest BCUT2D eigenvalue weighted by molar-refractivity contribution is 5.25. The van der Waals surface area contributed by atoms with E-state index in [2.05, 4.69) is 49.9 Å². The summed E-state index contributed by atoms with van der Waals surface area (Å²) >= 11 is 0. The highest BCUT2D eigenvalue weighted by Crippen LogP contribution is 2.18. The standard InChI is InChI=1S/C16H26N2O/c1-4-14-5-7-15(8-6-14)16(17)10-18-9-13(3)19-11-12(18)2/h5-8,12-13,16H,4,9-11,17H2,1-3H3. The quantitative estimate of drug-likeness (QED) is 0.905. The van der Waals surface area contributed by atoms with Gasteiger partial charge < -0.3 is 10.5 Å². The third-order valence-electron chi connectivity index (χ3n) is 3.98. The number of morpholine rings is 1. The number of nitrogens with zero attached hydrogens (tertiary/aromatic N) is 1. The molecule has 0 bridgehead atoms. The van der Waals surface area contributed by atoms with Crippen molar-refractivity contribution < 1.29 is 4.74 Å². The van der Waals surface area contributed by atoms with Crippen LogP contribution in [0.5, 0.6) is 0 Å². The van der Waals surface area contributed by atoms with Crippen molar-refractivity contribution in [3.8, 4) is 0 Å². The zero-order valence-corrected chi connectivity index (χ0v) is 12.3. The van der Waals surface area contributed by atoms with Gasteiger partial charge >= 0.3 is 0 Å². The molecule has 106 valence electrons. The Morgan fingerprint density at radius 3 is 2.63 bits per heavy atom. The van der Waals surface area contributed by atoms with Crippen LogP contribution in [0.4, 0.5) is 0 Å². The average molecular weight is 262 g/mol. The molecule has 1 fully saturated rings. The summed E-state index contributed by atoms with van der Waals surface area (Å²) in [6, 6.07) is 9.23. The van der Waals surface area contributed by atoms with Crippen molar-refractivity contribution >= 4 is 0 Å².